The van der Waals surface area contributed by atoms with E-state index in [-0.39, 0.29) is 11.6 Å². The van der Waals surface area contributed by atoms with E-state index < -0.39 is 0 Å². The molecule has 146 valence electrons. The summed E-state index contributed by atoms with van der Waals surface area (Å²) in [7, 11) is 0. The van der Waals surface area contributed by atoms with Crippen molar-refractivity contribution in [2.75, 3.05) is 11.5 Å². The molecule has 4 rings (SSSR count). The molecule has 2 heterocycles. The zero-order valence-electron chi connectivity index (χ0n) is 16.0. The van der Waals surface area contributed by atoms with Crippen molar-refractivity contribution in [3.05, 3.63) is 89.3 Å². The first-order valence-electron chi connectivity index (χ1n) is 9.54. The summed E-state index contributed by atoms with van der Waals surface area (Å²) in [5.41, 5.74) is 15.6. The van der Waals surface area contributed by atoms with Crippen LogP contribution in [0, 0.1) is 5.41 Å². The van der Waals surface area contributed by atoms with Gasteiger partial charge < -0.3 is 22.0 Å². The number of hydrogen-bond acceptors (Lipinski definition) is 5. The highest BCUT2D eigenvalue weighted by Crippen LogP contribution is 2.54. The number of benzene rings is 1. The van der Waals surface area contributed by atoms with Crippen LogP contribution >= 0.6 is 0 Å². The Hall–Kier alpha value is -3.67. The molecular formula is C23H24N5O+. The van der Waals surface area contributed by atoms with Crippen LogP contribution in [0.5, 0.6) is 0 Å². The third-order valence-electron chi connectivity index (χ3n) is 5.22. The molecule has 1 fully saturated rings. The number of nitrogen functional groups attached to an aromatic ring is 2. The molecule has 0 amide bonds. The second-order valence-corrected chi connectivity index (χ2v) is 7.37. The Bertz CT molecular complexity index is 1060. The zero-order valence-corrected chi connectivity index (χ0v) is 16.0. The smallest absolute Gasteiger partial charge is 0.266 e. The molecule has 1 aliphatic rings. The molecule has 6 heteroatoms. The lowest BCUT2D eigenvalue weighted by atomic mass is 10.0. The molecule has 2 unspecified atom stereocenters. The third-order valence-corrected chi connectivity index (χ3v) is 5.22. The lowest BCUT2D eigenvalue weighted by molar-refractivity contribution is 0.512. The Balaban J connectivity index is 1.39. The van der Waals surface area contributed by atoms with Gasteiger partial charge in [0.2, 0.25) is 0 Å². The van der Waals surface area contributed by atoms with Crippen molar-refractivity contribution in [1.82, 2.24) is 9.97 Å². The molecule has 29 heavy (non-hydrogen) atoms. The van der Waals surface area contributed by atoms with Gasteiger partial charge in [-0.25, -0.2) is 4.98 Å². The standard InChI is InChI=1S/C23H23N5O/c24-16(11-21(29)18-8-9-22(25)28-23(18)26)10-17-7-6-15(13-27-17)20-12-19(20)14-4-2-1-3-5-14/h1-9,11,13,19-20,24,29H,10,12H2,(H4,25,26,28)/p+1/b21-11-,24-16?. The predicted molar refractivity (Wildman–Crippen MR) is 117 cm³/mol. The van der Waals surface area contributed by atoms with Crippen LogP contribution < -0.4 is 11.5 Å². The van der Waals surface area contributed by atoms with E-state index in [1.807, 2.05) is 18.3 Å². The molecule has 0 aliphatic heterocycles. The molecular weight excluding hydrogens is 362 g/mol. The SMILES string of the molecule is N=C(/C=C(\[OH2+])c1ccc(N)nc1N)Cc1ccc(C2CC2c2ccccc2)cn1. The van der Waals surface area contributed by atoms with Crippen molar-refractivity contribution < 1.29 is 5.11 Å². The summed E-state index contributed by atoms with van der Waals surface area (Å²) in [4.78, 5) is 8.49. The summed E-state index contributed by atoms with van der Waals surface area (Å²) in [6, 6.07) is 17.9. The summed E-state index contributed by atoms with van der Waals surface area (Å²) in [6.45, 7) is 0. The normalized spacial score (nSPS) is 18.4. The van der Waals surface area contributed by atoms with Crippen LogP contribution in [0.2, 0.25) is 0 Å². The van der Waals surface area contributed by atoms with E-state index in [0.717, 1.165) is 12.1 Å². The lowest BCUT2D eigenvalue weighted by Gasteiger charge is -2.04. The lowest BCUT2D eigenvalue weighted by Crippen LogP contribution is -2.04. The van der Waals surface area contributed by atoms with Crippen LogP contribution in [0.1, 0.15) is 40.6 Å². The van der Waals surface area contributed by atoms with E-state index in [1.165, 1.54) is 17.2 Å². The summed E-state index contributed by atoms with van der Waals surface area (Å²) in [5, 5.41) is 16.4. The van der Waals surface area contributed by atoms with Gasteiger partial charge in [-0.05, 0) is 47.6 Å². The monoisotopic (exact) mass is 386 g/mol. The zero-order chi connectivity index (χ0) is 20.4. The maximum absolute atomic E-state index is 8.19. The van der Waals surface area contributed by atoms with Gasteiger partial charge in [0.25, 0.3) is 5.76 Å². The summed E-state index contributed by atoms with van der Waals surface area (Å²) >= 11 is 0. The Morgan fingerprint density at radius 3 is 2.48 bits per heavy atom. The van der Waals surface area contributed by atoms with E-state index in [4.69, 9.17) is 22.0 Å². The number of aromatic nitrogens is 2. The first-order chi connectivity index (χ1) is 14.0. The third kappa shape index (κ3) is 4.27. The van der Waals surface area contributed by atoms with E-state index in [0.29, 0.717) is 35.3 Å². The quantitative estimate of drug-likeness (QED) is 0.342. The molecule has 0 saturated heterocycles. The minimum absolute atomic E-state index is 0.139. The molecule has 0 spiro atoms. The van der Waals surface area contributed by atoms with E-state index in [1.54, 1.807) is 12.1 Å². The van der Waals surface area contributed by atoms with Crippen molar-refractivity contribution in [3.63, 3.8) is 0 Å². The van der Waals surface area contributed by atoms with Gasteiger partial charge in [0, 0.05) is 24.0 Å². The van der Waals surface area contributed by atoms with Gasteiger partial charge in [0.15, 0.2) is 0 Å². The highest BCUT2D eigenvalue weighted by molar-refractivity contribution is 5.99. The molecule has 6 nitrogen and oxygen atoms in total. The van der Waals surface area contributed by atoms with Crippen molar-refractivity contribution in [3.8, 4) is 0 Å². The van der Waals surface area contributed by atoms with E-state index in [9.17, 15) is 0 Å². The summed E-state index contributed by atoms with van der Waals surface area (Å²) < 4.78 is 0. The number of nitrogens with one attached hydrogen (secondary N) is 1. The minimum Gasteiger partial charge on any atom is -0.593 e. The Morgan fingerprint density at radius 2 is 1.79 bits per heavy atom. The summed E-state index contributed by atoms with van der Waals surface area (Å²) in [6.07, 6.45) is 4.91. The van der Waals surface area contributed by atoms with Crippen molar-refractivity contribution in [1.29, 1.82) is 5.41 Å². The number of nitrogens with zero attached hydrogens (tertiary/aromatic N) is 2. The Morgan fingerprint density at radius 1 is 1.03 bits per heavy atom. The van der Waals surface area contributed by atoms with Gasteiger partial charge in [-0.15, -0.1) is 0 Å². The van der Waals surface area contributed by atoms with Crippen molar-refractivity contribution in [2.45, 2.75) is 24.7 Å². The van der Waals surface area contributed by atoms with E-state index in [2.05, 4.69) is 40.3 Å². The first kappa shape index (κ1) is 18.7. The molecule has 1 aromatic carbocycles. The second-order valence-electron chi connectivity index (χ2n) is 7.37. The number of pyridine rings is 2. The highest BCUT2D eigenvalue weighted by atomic mass is 16.3. The molecule has 3 aromatic rings. The topological polar surface area (TPSA) is 125 Å². The molecule has 7 N–H and O–H groups in total. The molecule has 1 aliphatic carbocycles. The Labute approximate surface area is 169 Å². The van der Waals surface area contributed by atoms with Gasteiger partial charge in [-0.1, -0.05) is 36.4 Å². The van der Waals surface area contributed by atoms with Crippen LogP contribution in [-0.2, 0) is 6.42 Å². The van der Waals surface area contributed by atoms with Crippen LogP contribution in [0.25, 0.3) is 5.76 Å². The second kappa shape index (κ2) is 7.75. The maximum Gasteiger partial charge on any atom is 0.266 e. The largest absolute Gasteiger partial charge is 0.593 e. The average molecular weight is 386 g/mol. The fraction of sp³-hybridized carbons (Fsp3) is 0.174. The molecule has 2 aromatic heterocycles. The Kier molecular flexibility index (Phi) is 4.99. The molecule has 0 bridgehead atoms. The number of hydrogen-bond donors (Lipinski definition) is 3. The van der Waals surface area contributed by atoms with Crippen molar-refractivity contribution >= 4 is 23.1 Å². The van der Waals surface area contributed by atoms with Gasteiger partial charge in [0.1, 0.15) is 17.2 Å². The van der Waals surface area contributed by atoms with Crippen LogP contribution in [-0.4, -0.2) is 20.8 Å². The molecule has 1 saturated carbocycles. The van der Waals surface area contributed by atoms with Crippen molar-refractivity contribution in [2.24, 2.45) is 0 Å². The number of rotatable bonds is 6. The van der Waals surface area contributed by atoms with Gasteiger partial charge in [0.05, 0.1) is 6.08 Å². The van der Waals surface area contributed by atoms with Crippen LogP contribution in [0.4, 0.5) is 11.6 Å². The average Bonchev–Trinajstić information content (AvgIpc) is 3.50. The first-order valence-corrected chi connectivity index (χ1v) is 9.54. The van der Waals surface area contributed by atoms with Crippen LogP contribution in [0.15, 0.2) is 66.9 Å². The number of allylic oxidation sites excluding steroid dienone is 1. The maximum atomic E-state index is 8.19. The fourth-order valence-corrected chi connectivity index (χ4v) is 3.61. The van der Waals surface area contributed by atoms with Gasteiger partial charge >= 0.3 is 0 Å². The number of anilines is 2. The summed E-state index contributed by atoms with van der Waals surface area (Å²) in [5.74, 6) is 1.75. The van der Waals surface area contributed by atoms with Gasteiger partial charge in [-0.3, -0.25) is 4.98 Å². The van der Waals surface area contributed by atoms with Gasteiger partial charge in [-0.2, -0.15) is 0 Å². The molecule has 2 atom stereocenters. The van der Waals surface area contributed by atoms with E-state index >= 15 is 0 Å². The molecule has 0 radical (unpaired) electrons. The highest BCUT2D eigenvalue weighted by Gasteiger charge is 2.39. The predicted octanol–water partition coefficient (Wildman–Crippen LogP) is 3.24. The minimum atomic E-state index is 0.139. The fourth-order valence-electron chi connectivity index (χ4n) is 3.61. The number of nitrogens with two attached hydrogens (primary N) is 2. The van der Waals surface area contributed by atoms with Crippen LogP contribution in [0.3, 0.4) is 0 Å².